The molecule has 0 amide bonds. The topological polar surface area (TPSA) is 30.7 Å². The summed E-state index contributed by atoms with van der Waals surface area (Å²) in [5.41, 5.74) is 0.309. The minimum atomic E-state index is 0.309. The van der Waals surface area contributed by atoms with Gasteiger partial charge in [0.2, 0.25) is 0 Å². The average Bonchev–Trinajstić information content (AvgIpc) is 3.07. The van der Waals surface area contributed by atoms with E-state index in [0.717, 1.165) is 42.9 Å². The lowest BCUT2D eigenvalue weighted by Gasteiger charge is -2.35. The van der Waals surface area contributed by atoms with Crippen LogP contribution in [-0.4, -0.2) is 20.6 Å². The molecule has 2 aliphatic rings. The number of halogens is 1. The molecule has 0 N–H and O–H groups in total. The van der Waals surface area contributed by atoms with Crippen molar-refractivity contribution in [3.63, 3.8) is 0 Å². The van der Waals surface area contributed by atoms with Crippen molar-refractivity contribution in [2.45, 2.75) is 52.0 Å². The summed E-state index contributed by atoms with van der Waals surface area (Å²) in [5.74, 6) is 3.68. The van der Waals surface area contributed by atoms with Gasteiger partial charge in [0.25, 0.3) is 0 Å². The van der Waals surface area contributed by atoms with Gasteiger partial charge in [0.1, 0.15) is 12.2 Å². The molecule has 3 atom stereocenters. The molecule has 0 radical (unpaired) electrons. The van der Waals surface area contributed by atoms with Gasteiger partial charge in [0.15, 0.2) is 0 Å². The standard InChI is InChI=1S/C14H22ClN3/c1-2-5-18-13(16-10-17-18)8-14(9-15)7-11-3-4-12(14)6-11/h10-12H,2-9H2,1H3. The molecule has 2 aliphatic carbocycles. The first-order chi connectivity index (χ1) is 8.77. The number of fused-ring (bicyclic) bond motifs is 2. The number of hydrogen-bond acceptors (Lipinski definition) is 2. The lowest BCUT2D eigenvalue weighted by Crippen LogP contribution is -2.33. The molecule has 3 nitrogen and oxygen atoms in total. The second kappa shape index (κ2) is 4.84. The monoisotopic (exact) mass is 267 g/mol. The van der Waals surface area contributed by atoms with Crippen LogP contribution in [0.4, 0.5) is 0 Å². The van der Waals surface area contributed by atoms with Crippen molar-refractivity contribution in [1.82, 2.24) is 14.8 Å². The Bertz CT molecular complexity index is 417. The maximum Gasteiger partial charge on any atom is 0.138 e. The normalized spacial score (nSPS) is 34.3. The lowest BCUT2D eigenvalue weighted by atomic mass is 9.72. The highest BCUT2D eigenvalue weighted by molar-refractivity contribution is 6.18. The van der Waals surface area contributed by atoms with Crippen molar-refractivity contribution in [3.05, 3.63) is 12.2 Å². The van der Waals surface area contributed by atoms with E-state index in [1.165, 1.54) is 25.7 Å². The second-order valence-electron chi connectivity index (χ2n) is 6.15. The van der Waals surface area contributed by atoms with Crippen LogP contribution in [0.2, 0.25) is 0 Å². The molecule has 0 saturated heterocycles. The van der Waals surface area contributed by atoms with E-state index >= 15 is 0 Å². The molecule has 18 heavy (non-hydrogen) atoms. The molecular weight excluding hydrogens is 246 g/mol. The molecule has 3 unspecified atom stereocenters. The van der Waals surface area contributed by atoms with E-state index in [2.05, 4.69) is 21.7 Å². The Hall–Kier alpha value is -0.570. The van der Waals surface area contributed by atoms with Crippen LogP contribution in [0.5, 0.6) is 0 Å². The van der Waals surface area contributed by atoms with Gasteiger partial charge >= 0.3 is 0 Å². The summed E-state index contributed by atoms with van der Waals surface area (Å²) in [5, 5.41) is 4.34. The predicted molar refractivity (Wildman–Crippen MR) is 72.6 cm³/mol. The van der Waals surface area contributed by atoms with Crippen molar-refractivity contribution >= 4 is 11.6 Å². The molecule has 4 heteroatoms. The van der Waals surface area contributed by atoms with E-state index in [1.54, 1.807) is 6.33 Å². The number of rotatable bonds is 5. The minimum absolute atomic E-state index is 0.309. The van der Waals surface area contributed by atoms with Gasteiger partial charge in [0, 0.05) is 18.8 Å². The number of aromatic nitrogens is 3. The third kappa shape index (κ3) is 1.97. The Kier molecular flexibility index (Phi) is 3.35. The summed E-state index contributed by atoms with van der Waals surface area (Å²) in [7, 11) is 0. The lowest BCUT2D eigenvalue weighted by molar-refractivity contribution is 0.186. The van der Waals surface area contributed by atoms with Crippen LogP contribution in [0.3, 0.4) is 0 Å². The molecule has 3 rings (SSSR count). The first-order valence-corrected chi connectivity index (χ1v) is 7.73. The Morgan fingerprint density at radius 2 is 2.39 bits per heavy atom. The third-order valence-corrected chi connectivity index (χ3v) is 5.54. The van der Waals surface area contributed by atoms with Gasteiger partial charge in [-0.1, -0.05) is 13.3 Å². The van der Waals surface area contributed by atoms with E-state index in [9.17, 15) is 0 Å². The van der Waals surface area contributed by atoms with Gasteiger partial charge in [-0.25, -0.2) is 4.98 Å². The average molecular weight is 268 g/mol. The molecule has 1 heterocycles. The van der Waals surface area contributed by atoms with E-state index in [4.69, 9.17) is 11.6 Å². The number of hydrogen-bond donors (Lipinski definition) is 0. The Morgan fingerprint density at radius 1 is 1.50 bits per heavy atom. The van der Waals surface area contributed by atoms with Gasteiger partial charge in [-0.05, 0) is 42.9 Å². The molecule has 1 aromatic heterocycles. The zero-order valence-corrected chi connectivity index (χ0v) is 11.9. The van der Waals surface area contributed by atoms with Crippen LogP contribution in [-0.2, 0) is 13.0 Å². The van der Waals surface area contributed by atoms with Crippen LogP contribution in [0.1, 0.15) is 44.9 Å². The van der Waals surface area contributed by atoms with Crippen LogP contribution in [0, 0.1) is 17.3 Å². The third-order valence-electron chi connectivity index (χ3n) is 5.01. The van der Waals surface area contributed by atoms with Gasteiger partial charge in [-0.15, -0.1) is 11.6 Å². The molecular formula is C14H22ClN3. The Labute approximate surface area is 114 Å². The van der Waals surface area contributed by atoms with E-state index < -0.39 is 0 Å². The molecule has 1 aromatic rings. The SMILES string of the molecule is CCCn1ncnc1CC1(CCl)CC2CCC1C2. The molecule has 2 saturated carbocycles. The van der Waals surface area contributed by atoms with E-state index in [0.29, 0.717) is 5.41 Å². The summed E-state index contributed by atoms with van der Waals surface area (Å²) >= 11 is 6.35. The fourth-order valence-corrected chi connectivity index (χ4v) is 4.55. The van der Waals surface area contributed by atoms with Crippen LogP contribution < -0.4 is 0 Å². The summed E-state index contributed by atoms with van der Waals surface area (Å²) < 4.78 is 2.07. The molecule has 100 valence electrons. The number of aryl methyl sites for hydroxylation is 1. The van der Waals surface area contributed by atoms with Gasteiger partial charge in [-0.3, -0.25) is 4.68 Å². The summed E-state index contributed by atoms with van der Waals surface area (Å²) in [6.07, 6.45) is 9.33. The first-order valence-electron chi connectivity index (χ1n) is 7.20. The fourth-order valence-electron chi connectivity index (χ4n) is 4.12. The zero-order chi connectivity index (χ0) is 12.6. The molecule has 2 fully saturated rings. The van der Waals surface area contributed by atoms with Crippen molar-refractivity contribution in [1.29, 1.82) is 0 Å². The van der Waals surface area contributed by atoms with Gasteiger partial charge < -0.3 is 0 Å². The number of nitrogens with zero attached hydrogens (tertiary/aromatic N) is 3. The Balaban J connectivity index is 1.79. The largest absolute Gasteiger partial charge is 0.250 e. The molecule has 0 spiro atoms. The van der Waals surface area contributed by atoms with Gasteiger partial charge in [0.05, 0.1) is 0 Å². The van der Waals surface area contributed by atoms with Crippen molar-refractivity contribution in [3.8, 4) is 0 Å². The van der Waals surface area contributed by atoms with Crippen molar-refractivity contribution < 1.29 is 0 Å². The summed E-state index contributed by atoms with van der Waals surface area (Å²) in [6.45, 7) is 3.15. The van der Waals surface area contributed by atoms with Crippen LogP contribution in [0.15, 0.2) is 6.33 Å². The summed E-state index contributed by atoms with van der Waals surface area (Å²) in [4.78, 5) is 4.47. The Morgan fingerprint density at radius 3 is 3.00 bits per heavy atom. The number of alkyl halides is 1. The maximum atomic E-state index is 6.35. The predicted octanol–water partition coefficient (Wildman–Crippen LogP) is 3.28. The molecule has 0 aromatic carbocycles. The van der Waals surface area contributed by atoms with Crippen molar-refractivity contribution in [2.24, 2.45) is 17.3 Å². The quantitative estimate of drug-likeness (QED) is 0.767. The highest BCUT2D eigenvalue weighted by Crippen LogP contribution is 2.57. The highest BCUT2D eigenvalue weighted by Gasteiger charge is 2.50. The highest BCUT2D eigenvalue weighted by atomic mass is 35.5. The van der Waals surface area contributed by atoms with Crippen molar-refractivity contribution in [2.75, 3.05) is 5.88 Å². The smallest absolute Gasteiger partial charge is 0.138 e. The molecule has 0 aliphatic heterocycles. The van der Waals surface area contributed by atoms with Crippen LogP contribution >= 0.6 is 11.6 Å². The zero-order valence-electron chi connectivity index (χ0n) is 11.1. The fraction of sp³-hybridized carbons (Fsp3) is 0.857. The van der Waals surface area contributed by atoms with E-state index in [-0.39, 0.29) is 0 Å². The summed E-state index contributed by atoms with van der Waals surface area (Å²) in [6, 6.07) is 0. The second-order valence-corrected chi connectivity index (χ2v) is 6.42. The van der Waals surface area contributed by atoms with E-state index in [1.807, 2.05) is 0 Å². The van der Waals surface area contributed by atoms with Gasteiger partial charge in [-0.2, -0.15) is 5.10 Å². The first kappa shape index (κ1) is 12.5. The van der Waals surface area contributed by atoms with Crippen LogP contribution in [0.25, 0.3) is 0 Å². The maximum absolute atomic E-state index is 6.35. The molecule has 2 bridgehead atoms. The minimum Gasteiger partial charge on any atom is -0.250 e.